The van der Waals surface area contributed by atoms with E-state index in [4.69, 9.17) is 5.84 Å². The number of nitrogens with two attached hydrogens (primary N) is 1. The molecule has 1 aromatic rings. The molecule has 0 aliphatic carbocycles. The lowest BCUT2D eigenvalue weighted by atomic mass is 10.6. The fraction of sp³-hybridized carbons (Fsp3) is 0.500. The van der Waals surface area contributed by atoms with Crippen LogP contribution in [0.25, 0.3) is 0 Å². The number of aromatic nitrogens is 2. The van der Waals surface area contributed by atoms with Gasteiger partial charge in [0.25, 0.3) is 0 Å². The molecule has 0 saturated carbocycles. The highest BCUT2D eigenvalue weighted by Crippen LogP contribution is 2.19. The van der Waals surface area contributed by atoms with Crippen molar-refractivity contribution in [1.29, 1.82) is 0 Å². The Morgan fingerprint density at radius 2 is 2.33 bits per heavy atom. The SMILES string of the molecule is CN(C)CCSc1nc(NN)ncc1F. The van der Waals surface area contributed by atoms with Crippen LogP contribution in [0.5, 0.6) is 0 Å². The van der Waals surface area contributed by atoms with Gasteiger partial charge >= 0.3 is 0 Å². The smallest absolute Gasteiger partial charge is 0.238 e. The van der Waals surface area contributed by atoms with Crippen molar-refractivity contribution in [2.45, 2.75) is 5.03 Å². The third kappa shape index (κ3) is 3.98. The Hall–Kier alpha value is -0.920. The number of hydrogen-bond acceptors (Lipinski definition) is 6. The van der Waals surface area contributed by atoms with Crippen LogP contribution in [0.15, 0.2) is 11.2 Å². The zero-order valence-corrected chi connectivity index (χ0v) is 9.51. The number of hydrazine groups is 1. The Morgan fingerprint density at radius 3 is 2.93 bits per heavy atom. The Balaban J connectivity index is 2.59. The summed E-state index contributed by atoms with van der Waals surface area (Å²) in [5.41, 5.74) is 2.28. The van der Waals surface area contributed by atoms with E-state index in [0.29, 0.717) is 5.03 Å². The standard InChI is InChI=1S/C8H14FN5S/c1-14(2)3-4-15-7-6(9)5-11-8(12-7)13-10/h5H,3-4,10H2,1-2H3,(H,11,12,13). The fourth-order valence-corrected chi connectivity index (χ4v) is 1.84. The van der Waals surface area contributed by atoms with Crippen molar-refractivity contribution in [2.75, 3.05) is 31.8 Å². The lowest BCUT2D eigenvalue weighted by Crippen LogP contribution is -2.15. The monoisotopic (exact) mass is 231 g/mol. The zero-order chi connectivity index (χ0) is 11.3. The normalized spacial score (nSPS) is 10.7. The molecule has 84 valence electrons. The molecule has 1 heterocycles. The summed E-state index contributed by atoms with van der Waals surface area (Å²) in [6.45, 7) is 0.861. The maximum atomic E-state index is 13.2. The molecule has 3 N–H and O–H groups in total. The number of rotatable bonds is 5. The van der Waals surface area contributed by atoms with Crippen molar-refractivity contribution in [3.8, 4) is 0 Å². The average molecular weight is 231 g/mol. The summed E-state index contributed by atoms with van der Waals surface area (Å²) in [5, 5.41) is 0.319. The molecule has 0 radical (unpaired) electrons. The van der Waals surface area contributed by atoms with Crippen molar-refractivity contribution in [3.63, 3.8) is 0 Å². The highest BCUT2D eigenvalue weighted by atomic mass is 32.2. The summed E-state index contributed by atoms with van der Waals surface area (Å²) in [4.78, 5) is 9.59. The molecular weight excluding hydrogens is 217 g/mol. The third-order valence-electron chi connectivity index (χ3n) is 1.62. The minimum atomic E-state index is -0.419. The first-order valence-electron chi connectivity index (χ1n) is 4.40. The van der Waals surface area contributed by atoms with Gasteiger partial charge in [0.1, 0.15) is 5.03 Å². The predicted octanol–water partition coefficient (Wildman–Crippen LogP) is 0.555. The van der Waals surface area contributed by atoms with Gasteiger partial charge in [-0.15, -0.1) is 11.8 Å². The van der Waals surface area contributed by atoms with Gasteiger partial charge < -0.3 is 4.90 Å². The molecule has 0 aliphatic rings. The van der Waals surface area contributed by atoms with Crippen LogP contribution in [0.1, 0.15) is 0 Å². The van der Waals surface area contributed by atoms with E-state index in [1.165, 1.54) is 11.8 Å². The van der Waals surface area contributed by atoms with Gasteiger partial charge in [-0.25, -0.2) is 20.2 Å². The number of nitrogen functional groups attached to an aromatic ring is 1. The van der Waals surface area contributed by atoms with Gasteiger partial charge in [0.2, 0.25) is 5.95 Å². The van der Waals surface area contributed by atoms with Crippen LogP contribution in [-0.2, 0) is 0 Å². The van der Waals surface area contributed by atoms with Crippen LogP contribution in [0, 0.1) is 5.82 Å². The lowest BCUT2D eigenvalue weighted by Gasteiger charge is -2.08. The number of nitrogens with one attached hydrogen (secondary N) is 1. The number of nitrogens with zero attached hydrogens (tertiary/aromatic N) is 3. The second-order valence-corrected chi connectivity index (χ2v) is 4.23. The second-order valence-electron chi connectivity index (χ2n) is 3.14. The molecular formula is C8H14FN5S. The van der Waals surface area contributed by atoms with Crippen molar-refractivity contribution in [1.82, 2.24) is 14.9 Å². The topological polar surface area (TPSA) is 67.1 Å². The quantitative estimate of drug-likeness (QED) is 0.334. The average Bonchev–Trinajstić information content (AvgIpc) is 2.20. The maximum Gasteiger partial charge on any atom is 0.238 e. The molecule has 0 aliphatic heterocycles. The maximum absolute atomic E-state index is 13.2. The molecule has 7 heteroatoms. The van der Waals surface area contributed by atoms with Crippen molar-refractivity contribution in [2.24, 2.45) is 5.84 Å². The molecule has 0 fully saturated rings. The van der Waals surface area contributed by atoms with Crippen LogP contribution < -0.4 is 11.3 Å². The first-order valence-corrected chi connectivity index (χ1v) is 5.38. The molecule has 1 rings (SSSR count). The molecule has 1 aromatic heterocycles. The van der Waals surface area contributed by atoms with Crippen LogP contribution in [-0.4, -0.2) is 41.3 Å². The first-order chi connectivity index (χ1) is 7.13. The summed E-state index contributed by atoms with van der Waals surface area (Å²) >= 11 is 1.34. The highest BCUT2D eigenvalue weighted by Gasteiger charge is 2.06. The Morgan fingerprint density at radius 1 is 1.60 bits per heavy atom. The molecule has 0 saturated heterocycles. The molecule has 0 aromatic carbocycles. The van der Waals surface area contributed by atoms with E-state index in [9.17, 15) is 4.39 Å². The van der Waals surface area contributed by atoms with Crippen LogP contribution >= 0.6 is 11.8 Å². The van der Waals surface area contributed by atoms with Crippen molar-refractivity contribution in [3.05, 3.63) is 12.0 Å². The van der Waals surface area contributed by atoms with Crippen LogP contribution in [0.2, 0.25) is 0 Å². The van der Waals surface area contributed by atoms with Gasteiger partial charge in [0.05, 0.1) is 6.20 Å². The van der Waals surface area contributed by atoms with E-state index in [0.717, 1.165) is 18.5 Å². The van der Waals surface area contributed by atoms with E-state index >= 15 is 0 Å². The zero-order valence-electron chi connectivity index (χ0n) is 8.70. The van der Waals surface area contributed by atoms with Gasteiger partial charge in [-0.1, -0.05) is 0 Å². The number of anilines is 1. The molecule has 0 spiro atoms. The molecule has 15 heavy (non-hydrogen) atoms. The van der Waals surface area contributed by atoms with Crippen molar-refractivity contribution >= 4 is 17.7 Å². The van der Waals surface area contributed by atoms with E-state index in [1.807, 2.05) is 19.0 Å². The Bertz CT molecular complexity index is 320. The van der Waals surface area contributed by atoms with Gasteiger partial charge in [0.15, 0.2) is 5.82 Å². The molecule has 5 nitrogen and oxygen atoms in total. The van der Waals surface area contributed by atoms with Gasteiger partial charge in [-0.3, -0.25) is 5.43 Å². The molecule has 0 bridgehead atoms. The summed E-state index contributed by atoms with van der Waals surface area (Å²) in [6, 6.07) is 0. The van der Waals surface area contributed by atoms with E-state index in [1.54, 1.807) is 0 Å². The minimum Gasteiger partial charge on any atom is -0.309 e. The van der Waals surface area contributed by atoms with E-state index < -0.39 is 5.82 Å². The largest absolute Gasteiger partial charge is 0.309 e. The third-order valence-corrected chi connectivity index (χ3v) is 2.56. The van der Waals surface area contributed by atoms with Gasteiger partial charge in [-0.2, -0.15) is 0 Å². The second kappa shape index (κ2) is 5.84. The minimum absolute atomic E-state index is 0.226. The predicted molar refractivity (Wildman–Crippen MR) is 59.1 cm³/mol. The highest BCUT2D eigenvalue weighted by molar-refractivity contribution is 7.99. The summed E-state index contributed by atoms with van der Waals surface area (Å²) in [6.07, 6.45) is 1.11. The van der Waals surface area contributed by atoms with E-state index in [-0.39, 0.29) is 5.95 Å². The Kier molecular flexibility index (Phi) is 4.73. The number of halogens is 1. The first kappa shape index (κ1) is 12.2. The fourth-order valence-electron chi connectivity index (χ4n) is 0.847. The number of thioether (sulfide) groups is 1. The van der Waals surface area contributed by atoms with Gasteiger partial charge in [0, 0.05) is 12.3 Å². The molecule has 0 amide bonds. The number of hydrogen-bond donors (Lipinski definition) is 2. The van der Waals surface area contributed by atoms with Crippen LogP contribution in [0.3, 0.4) is 0 Å². The van der Waals surface area contributed by atoms with Gasteiger partial charge in [-0.05, 0) is 14.1 Å². The summed E-state index contributed by atoms with van der Waals surface area (Å²) < 4.78 is 13.2. The molecule has 0 unspecified atom stereocenters. The summed E-state index contributed by atoms with van der Waals surface area (Å²) in [5.74, 6) is 5.71. The lowest BCUT2D eigenvalue weighted by molar-refractivity contribution is 0.437. The summed E-state index contributed by atoms with van der Waals surface area (Å²) in [7, 11) is 3.92. The molecule has 0 atom stereocenters. The van der Waals surface area contributed by atoms with Crippen LogP contribution in [0.4, 0.5) is 10.3 Å². The van der Waals surface area contributed by atoms with Crippen molar-refractivity contribution < 1.29 is 4.39 Å². The van der Waals surface area contributed by atoms with E-state index in [2.05, 4.69) is 15.4 Å². The Labute approximate surface area is 92.2 Å².